The summed E-state index contributed by atoms with van der Waals surface area (Å²) in [5, 5.41) is 9.10. The van der Waals surface area contributed by atoms with Crippen LogP contribution in [0.25, 0.3) is 0 Å². The average molecular weight is 378 g/mol. The summed E-state index contributed by atoms with van der Waals surface area (Å²) in [5.74, 6) is 0.0117. The van der Waals surface area contributed by atoms with Crippen molar-refractivity contribution in [3.8, 4) is 11.8 Å². The Balaban J connectivity index is 1.74. The summed E-state index contributed by atoms with van der Waals surface area (Å²) in [5.41, 5.74) is 3.01. The zero-order valence-electron chi connectivity index (χ0n) is 15.3. The number of ketones is 2. The Morgan fingerprint density at radius 2 is 1.48 bits per heavy atom. The van der Waals surface area contributed by atoms with E-state index in [0.717, 1.165) is 5.56 Å². The molecule has 0 bridgehead atoms. The van der Waals surface area contributed by atoms with Crippen molar-refractivity contribution in [3.63, 3.8) is 0 Å². The number of anilines is 1. The quantitative estimate of drug-likeness (QED) is 0.633. The van der Waals surface area contributed by atoms with Crippen LogP contribution in [0.3, 0.4) is 0 Å². The third kappa shape index (κ3) is 2.62. The number of carbonyl (C=O) groups is 2. The van der Waals surface area contributed by atoms with E-state index in [9.17, 15) is 9.59 Å². The van der Waals surface area contributed by atoms with E-state index in [1.165, 1.54) is 0 Å². The number of Topliss-reactive ketones (excluding diaryl/α,β-unsaturated/α-hetero) is 2. The van der Waals surface area contributed by atoms with Crippen molar-refractivity contribution in [3.05, 3.63) is 107 Å². The van der Waals surface area contributed by atoms with Gasteiger partial charge in [0, 0.05) is 22.4 Å². The van der Waals surface area contributed by atoms with Gasteiger partial charge in [-0.05, 0) is 30.3 Å². The Hall–Kier alpha value is -4.17. The normalized spacial score (nSPS) is 14.9. The first-order chi connectivity index (χ1) is 14.2. The standard InChI is InChI=1S/C24H14N2O3/c25-13-15-9-11-17(12-10-15)26-14-16-5-1-4-8-20(16)29-24-21(26)22(27)18-6-2-3-7-19(18)23(24)28/h1-12H,14H2. The summed E-state index contributed by atoms with van der Waals surface area (Å²) < 4.78 is 6.01. The zero-order valence-corrected chi connectivity index (χ0v) is 15.3. The number of nitrogens with zero attached hydrogens (tertiary/aromatic N) is 2. The number of benzene rings is 3. The van der Waals surface area contributed by atoms with Crippen LogP contribution in [-0.2, 0) is 6.54 Å². The number of carbonyl (C=O) groups excluding carboxylic acids is 2. The predicted molar refractivity (Wildman–Crippen MR) is 107 cm³/mol. The lowest BCUT2D eigenvalue weighted by molar-refractivity contribution is 0.0936. The highest BCUT2D eigenvalue weighted by Crippen LogP contribution is 2.38. The van der Waals surface area contributed by atoms with Crippen LogP contribution in [0.15, 0.2) is 84.3 Å². The number of rotatable bonds is 1. The van der Waals surface area contributed by atoms with Crippen molar-refractivity contribution >= 4 is 17.3 Å². The highest BCUT2D eigenvalue weighted by atomic mass is 16.5. The fourth-order valence-corrected chi connectivity index (χ4v) is 3.71. The molecule has 3 aromatic rings. The minimum Gasteiger partial charge on any atom is -0.450 e. The van der Waals surface area contributed by atoms with Gasteiger partial charge in [-0.1, -0.05) is 42.5 Å². The predicted octanol–water partition coefficient (Wildman–Crippen LogP) is 4.25. The second-order valence-electron chi connectivity index (χ2n) is 6.84. The molecule has 0 unspecified atom stereocenters. The number of hydrogen-bond acceptors (Lipinski definition) is 5. The lowest BCUT2D eigenvalue weighted by atomic mass is 9.90. The molecule has 1 aliphatic carbocycles. The summed E-state index contributed by atoms with van der Waals surface area (Å²) in [6, 6.07) is 23.2. The molecule has 5 nitrogen and oxygen atoms in total. The zero-order chi connectivity index (χ0) is 20.0. The Bertz CT molecular complexity index is 1250. The van der Waals surface area contributed by atoms with Gasteiger partial charge in [0.1, 0.15) is 11.4 Å². The molecule has 29 heavy (non-hydrogen) atoms. The summed E-state index contributed by atoms with van der Waals surface area (Å²) in [7, 11) is 0. The first kappa shape index (κ1) is 17.0. The molecule has 0 atom stereocenters. The van der Waals surface area contributed by atoms with Crippen LogP contribution in [0, 0.1) is 11.3 Å². The SMILES string of the molecule is N#Cc1ccc(N2Cc3ccccc3OC3=C2C(=O)c2ccccc2C3=O)cc1. The Morgan fingerprint density at radius 1 is 0.828 bits per heavy atom. The van der Waals surface area contributed by atoms with Crippen LogP contribution >= 0.6 is 0 Å². The third-order valence-electron chi connectivity index (χ3n) is 5.14. The Morgan fingerprint density at radius 3 is 2.21 bits per heavy atom. The molecule has 0 fully saturated rings. The molecule has 0 N–H and O–H groups in total. The fourth-order valence-electron chi connectivity index (χ4n) is 3.71. The number of para-hydroxylation sites is 1. The summed E-state index contributed by atoms with van der Waals surface area (Å²) in [6.07, 6.45) is 0. The van der Waals surface area contributed by atoms with E-state index < -0.39 is 0 Å². The Kier molecular flexibility index (Phi) is 3.78. The monoisotopic (exact) mass is 378 g/mol. The second kappa shape index (κ2) is 6.47. The van der Waals surface area contributed by atoms with Gasteiger partial charge < -0.3 is 9.64 Å². The molecule has 0 amide bonds. The summed E-state index contributed by atoms with van der Waals surface area (Å²) in [6.45, 7) is 0.363. The van der Waals surface area contributed by atoms with Crippen molar-refractivity contribution in [1.29, 1.82) is 5.26 Å². The van der Waals surface area contributed by atoms with E-state index in [1.807, 2.05) is 18.2 Å². The van der Waals surface area contributed by atoms with Gasteiger partial charge in [-0.15, -0.1) is 0 Å². The van der Waals surface area contributed by atoms with Crippen molar-refractivity contribution in [2.24, 2.45) is 0 Å². The fraction of sp³-hybridized carbons (Fsp3) is 0.0417. The molecular weight excluding hydrogens is 364 g/mol. The summed E-state index contributed by atoms with van der Waals surface area (Å²) in [4.78, 5) is 28.4. The first-order valence-corrected chi connectivity index (χ1v) is 9.13. The molecule has 5 heteroatoms. The molecule has 2 aliphatic rings. The molecule has 0 radical (unpaired) electrons. The van der Waals surface area contributed by atoms with Gasteiger partial charge in [-0.25, -0.2) is 0 Å². The van der Waals surface area contributed by atoms with E-state index in [4.69, 9.17) is 10.00 Å². The molecule has 1 aliphatic heterocycles. The smallest absolute Gasteiger partial charge is 0.231 e. The first-order valence-electron chi connectivity index (χ1n) is 9.13. The van der Waals surface area contributed by atoms with Gasteiger partial charge in [0.2, 0.25) is 17.3 Å². The number of allylic oxidation sites excluding steroid dienone is 2. The maximum atomic E-state index is 13.4. The van der Waals surface area contributed by atoms with Crippen LogP contribution < -0.4 is 9.64 Å². The Labute approximate surface area is 167 Å². The van der Waals surface area contributed by atoms with Crippen LogP contribution in [0.2, 0.25) is 0 Å². The van der Waals surface area contributed by atoms with Gasteiger partial charge in [0.25, 0.3) is 0 Å². The maximum Gasteiger partial charge on any atom is 0.231 e. The van der Waals surface area contributed by atoms with Crippen molar-refractivity contribution < 1.29 is 14.3 Å². The van der Waals surface area contributed by atoms with Crippen molar-refractivity contribution in [2.75, 3.05) is 4.90 Å². The van der Waals surface area contributed by atoms with Gasteiger partial charge in [0.05, 0.1) is 18.2 Å². The average Bonchev–Trinajstić information content (AvgIpc) is 2.95. The van der Waals surface area contributed by atoms with Crippen LogP contribution in [0.5, 0.6) is 5.75 Å². The highest BCUT2D eigenvalue weighted by Gasteiger charge is 2.39. The molecule has 3 aromatic carbocycles. The van der Waals surface area contributed by atoms with Crippen LogP contribution in [-0.4, -0.2) is 11.6 Å². The highest BCUT2D eigenvalue weighted by molar-refractivity contribution is 6.27. The van der Waals surface area contributed by atoms with E-state index in [1.54, 1.807) is 59.5 Å². The van der Waals surface area contributed by atoms with Gasteiger partial charge in [0.15, 0.2) is 0 Å². The number of nitriles is 1. The molecule has 138 valence electrons. The second-order valence-corrected chi connectivity index (χ2v) is 6.84. The van der Waals surface area contributed by atoms with Crippen LogP contribution in [0.4, 0.5) is 5.69 Å². The van der Waals surface area contributed by atoms with Gasteiger partial charge >= 0.3 is 0 Å². The minimum absolute atomic E-state index is 0.0306. The van der Waals surface area contributed by atoms with Crippen molar-refractivity contribution in [1.82, 2.24) is 0 Å². The van der Waals surface area contributed by atoms with E-state index in [0.29, 0.717) is 34.7 Å². The lowest BCUT2D eigenvalue weighted by Crippen LogP contribution is -2.34. The molecule has 0 aromatic heterocycles. The molecule has 1 heterocycles. The van der Waals surface area contributed by atoms with E-state index in [-0.39, 0.29) is 23.0 Å². The number of hydrogen-bond donors (Lipinski definition) is 0. The number of ether oxygens (including phenoxy) is 1. The topological polar surface area (TPSA) is 70.4 Å². The number of fused-ring (bicyclic) bond motifs is 2. The maximum absolute atomic E-state index is 13.4. The lowest BCUT2D eigenvalue weighted by Gasteiger charge is -2.28. The third-order valence-corrected chi connectivity index (χ3v) is 5.14. The van der Waals surface area contributed by atoms with Gasteiger partial charge in [-0.2, -0.15) is 5.26 Å². The summed E-state index contributed by atoms with van der Waals surface area (Å²) >= 11 is 0. The molecule has 0 saturated carbocycles. The van der Waals surface area contributed by atoms with Crippen molar-refractivity contribution in [2.45, 2.75) is 6.54 Å². The van der Waals surface area contributed by atoms with Crippen LogP contribution in [0.1, 0.15) is 31.8 Å². The molecule has 0 spiro atoms. The van der Waals surface area contributed by atoms with E-state index in [2.05, 4.69) is 6.07 Å². The molecular formula is C24H14N2O3. The molecule has 0 saturated heterocycles. The molecule has 5 rings (SSSR count). The largest absolute Gasteiger partial charge is 0.450 e. The minimum atomic E-state index is -0.314. The van der Waals surface area contributed by atoms with E-state index >= 15 is 0 Å². The van der Waals surface area contributed by atoms with Gasteiger partial charge in [-0.3, -0.25) is 9.59 Å².